The number of rotatable bonds is 4. The van der Waals surface area contributed by atoms with E-state index < -0.39 is 0 Å². The Kier molecular flexibility index (Phi) is 6.68. The van der Waals surface area contributed by atoms with E-state index in [0.29, 0.717) is 63.9 Å². The molecule has 0 aromatic heterocycles. The van der Waals surface area contributed by atoms with Crippen LogP contribution in [-0.2, 0) is 25.5 Å². The fourth-order valence-electron chi connectivity index (χ4n) is 4.94. The lowest BCUT2D eigenvalue weighted by atomic mass is 9.78. The van der Waals surface area contributed by atoms with Crippen LogP contribution in [0.1, 0.15) is 37.7 Å². The number of hydrogen-bond donors (Lipinski definition) is 0. The van der Waals surface area contributed by atoms with E-state index >= 15 is 0 Å². The van der Waals surface area contributed by atoms with E-state index in [-0.39, 0.29) is 29.7 Å². The Balaban J connectivity index is 1.27. The molecule has 1 aromatic carbocycles. The van der Waals surface area contributed by atoms with Crippen molar-refractivity contribution in [1.29, 1.82) is 0 Å². The molecule has 1 unspecified atom stereocenters. The summed E-state index contributed by atoms with van der Waals surface area (Å²) in [6, 6.07) is 6.23. The second-order valence-corrected chi connectivity index (χ2v) is 8.78. The summed E-state index contributed by atoms with van der Waals surface area (Å²) in [6.07, 6.45) is 4.19. The molecule has 30 heavy (non-hydrogen) atoms. The highest BCUT2D eigenvalue weighted by Gasteiger charge is 2.41. The average Bonchev–Trinajstić information content (AvgIpc) is 2.75. The minimum absolute atomic E-state index is 0.0327. The van der Waals surface area contributed by atoms with Crippen molar-refractivity contribution in [3.8, 4) is 0 Å². The van der Waals surface area contributed by atoms with Crippen molar-refractivity contribution in [2.75, 3.05) is 46.0 Å². The molecule has 164 valence electrons. The number of nitrogens with zero attached hydrogens (tertiary/aromatic N) is 2. The maximum absolute atomic E-state index is 13.4. The zero-order chi connectivity index (χ0) is 21.0. The third-order valence-electron chi connectivity index (χ3n) is 6.69. The van der Waals surface area contributed by atoms with Gasteiger partial charge in [-0.3, -0.25) is 9.59 Å². The molecule has 0 N–H and O–H groups in total. The van der Waals surface area contributed by atoms with Crippen LogP contribution in [0.4, 0.5) is 4.39 Å². The van der Waals surface area contributed by atoms with E-state index in [4.69, 9.17) is 9.47 Å². The molecule has 0 bridgehead atoms. The van der Waals surface area contributed by atoms with Crippen LogP contribution in [0.3, 0.4) is 0 Å². The smallest absolute Gasteiger partial charge is 0.226 e. The number of carbonyl (C=O) groups is 2. The SMILES string of the molecule is O=C(Cc1cccc(F)c1)N1CCC2(CC1)CC(CC(=O)N1CCOCC1)CCO2. The summed E-state index contributed by atoms with van der Waals surface area (Å²) in [5.74, 6) is 0.281. The zero-order valence-electron chi connectivity index (χ0n) is 17.5. The molecule has 3 fully saturated rings. The molecule has 3 aliphatic rings. The molecule has 3 aliphatic heterocycles. The van der Waals surface area contributed by atoms with Crippen molar-refractivity contribution < 1.29 is 23.5 Å². The van der Waals surface area contributed by atoms with Crippen molar-refractivity contribution in [2.45, 2.75) is 44.1 Å². The first-order valence-electron chi connectivity index (χ1n) is 11.0. The van der Waals surface area contributed by atoms with Crippen LogP contribution in [0.15, 0.2) is 24.3 Å². The highest BCUT2D eigenvalue weighted by atomic mass is 19.1. The highest BCUT2D eigenvalue weighted by molar-refractivity contribution is 5.79. The predicted octanol–water partition coefficient (Wildman–Crippen LogP) is 2.40. The number of benzene rings is 1. The number of likely N-dealkylation sites (tertiary alicyclic amines) is 1. The molecule has 0 radical (unpaired) electrons. The standard InChI is InChI=1S/C23H31FN2O4/c24-20-3-1-2-18(14-20)15-21(27)25-7-5-23(6-8-25)17-19(4-11-30-23)16-22(28)26-9-12-29-13-10-26/h1-3,14,19H,4-13,15-17H2. The molecule has 1 atom stereocenters. The van der Waals surface area contributed by atoms with E-state index in [0.717, 1.165) is 25.7 Å². The van der Waals surface area contributed by atoms with Crippen LogP contribution < -0.4 is 0 Å². The van der Waals surface area contributed by atoms with Gasteiger partial charge in [-0.1, -0.05) is 12.1 Å². The van der Waals surface area contributed by atoms with Gasteiger partial charge in [-0.2, -0.15) is 0 Å². The first-order chi connectivity index (χ1) is 14.5. The third kappa shape index (κ3) is 5.19. The number of ether oxygens (including phenoxy) is 2. The quantitative estimate of drug-likeness (QED) is 0.754. The van der Waals surface area contributed by atoms with E-state index in [9.17, 15) is 14.0 Å². The Hall–Kier alpha value is -1.99. The molecule has 0 saturated carbocycles. The number of hydrogen-bond acceptors (Lipinski definition) is 4. The summed E-state index contributed by atoms with van der Waals surface area (Å²) in [5.41, 5.74) is 0.486. The largest absolute Gasteiger partial charge is 0.378 e. The van der Waals surface area contributed by atoms with Gasteiger partial charge in [0.05, 0.1) is 25.2 Å². The van der Waals surface area contributed by atoms with Gasteiger partial charge in [0.25, 0.3) is 0 Å². The minimum Gasteiger partial charge on any atom is -0.378 e. The maximum atomic E-state index is 13.4. The normalized spacial score (nSPS) is 24.1. The van der Waals surface area contributed by atoms with Gasteiger partial charge in [0.1, 0.15) is 5.82 Å². The van der Waals surface area contributed by atoms with E-state index in [1.807, 2.05) is 9.80 Å². The molecular formula is C23H31FN2O4. The number of morpholine rings is 1. The number of carbonyl (C=O) groups excluding carboxylic acids is 2. The summed E-state index contributed by atoms with van der Waals surface area (Å²) in [5, 5.41) is 0. The van der Waals surface area contributed by atoms with Crippen LogP contribution >= 0.6 is 0 Å². The summed E-state index contributed by atoms with van der Waals surface area (Å²) >= 11 is 0. The number of halogens is 1. The Morgan fingerprint density at radius 2 is 1.77 bits per heavy atom. The molecule has 4 rings (SSSR count). The van der Waals surface area contributed by atoms with Gasteiger partial charge in [-0.25, -0.2) is 4.39 Å². The van der Waals surface area contributed by atoms with E-state index in [2.05, 4.69) is 0 Å². The fraction of sp³-hybridized carbons (Fsp3) is 0.652. The van der Waals surface area contributed by atoms with Crippen molar-refractivity contribution >= 4 is 11.8 Å². The van der Waals surface area contributed by atoms with Crippen LogP contribution in [0.2, 0.25) is 0 Å². The summed E-state index contributed by atoms with van der Waals surface area (Å²) in [6.45, 7) is 4.62. The van der Waals surface area contributed by atoms with Gasteiger partial charge in [0, 0.05) is 39.2 Å². The lowest BCUT2D eigenvalue weighted by Gasteiger charge is -2.46. The second-order valence-electron chi connectivity index (χ2n) is 8.78. The topological polar surface area (TPSA) is 59.1 Å². The molecule has 7 heteroatoms. The summed E-state index contributed by atoms with van der Waals surface area (Å²) < 4.78 is 24.9. The van der Waals surface area contributed by atoms with E-state index in [1.165, 1.54) is 12.1 Å². The molecule has 2 amide bonds. The third-order valence-corrected chi connectivity index (χ3v) is 6.69. The molecule has 1 spiro atoms. The average molecular weight is 419 g/mol. The number of amides is 2. The monoisotopic (exact) mass is 418 g/mol. The minimum atomic E-state index is -0.314. The molecule has 3 heterocycles. The fourth-order valence-corrected chi connectivity index (χ4v) is 4.94. The second kappa shape index (κ2) is 9.43. The van der Waals surface area contributed by atoms with Gasteiger partial charge >= 0.3 is 0 Å². The van der Waals surface area contributed by atoms with Gasteiger partial charge in [0.2, 0.25) is 11.8 Å². The Morgan fingerprint density at radius 1 is 1.03 bits per heavy atom. The van der Waals surface area contributed by atoms with E-state index in [1.54, 1.807) is 12.1 Å². The summed E-state index contributed by atoms with van der Waals surface area (Å²) in [7, 11) is 0. The van der Waals surface area contributed by atoms with Crippen LogP contribution in [0.5, 0.6) is 0 Å². The molecule has 3 saturated heterocycles. The zero-order valence-corrected chi connectivity index (χ0v) is 17.5. The lowest BCUT2D eigenvalue weighted by molar-refractivity contribution is -0.150. The molecule has 0 aliphatic carbocycles. The van der Waals surface area contributed by atoms with Crippen LogP contribution in [0, 0.1) is 11.7 Å². The maximum Gasteiger partial charge on any atom is 0.226 e. The Morgan fingerprint density at radius 3 is 2.50 bits per heavy atom. The summed E-state index contributed by atoms with van der Waals surface area (Å²) in [4.78, 5) is 29.0. The Bertz CT molecular complexity index is 757. The Labute approximate surface area is 177 Å². The molecule has 6 nitrogen and oxygen atoms in total. The first kappa shape index (κ1) is 21.2. The first-order valence-corrected chi connectivity index (χ1v) is 11.0. The predicted molar refractivity (Wildman–Crippen MR) is 109 cm³/mol. The van der Waals surface area contributed by atoms with Gasteiger partial charge in [0.15, 0.2) is 0 Å². The van der Waals surface area contributed by atoms with Crippen LogP contribution in [-0.4, -0.2) is 73.2 Å². The molecular weight excluding hydrogens is 387 g/mol. The van der Waals surface area contributed by atoms with Crippen LogP contribution in [0.25, 0.3) is 0 Å². The lowest BCUT2D eigenvalue weighted by Crippen LogP contribution is -2.51. The van der Waals surface area contributed by atoms with Crippen molar-refractivity contribution in [2.24, 2.45) is 5.92 Å². The highest BCUT2D eigenvalue weighted by Crippen LogP contribution is 2.39. The molecule has 1 aromatic rings. The van der Waals surface area contributed by atoms with Gasteiger partial charge in [-0.05, 0) is 49.3 Å². The van der Waals surface area contributed by atoms with Crippen molar-refractivity contribution in [1.82, 2.24) is 9.80 Å². The number of piperidine rings is 1. The van der Waals surface area contributed by atoms with Gasteiger partial charge < -0.3 is 19.3 Å². The van der Waals surface area contributed by atoms with Crippen molar-refractivity contribution in [3.63, 3.8) is 0 Å². The van der Waals surface area contributed by atoms with Crippen molar-refractivity contribution in [3.05, 3.63) is 35.6 Å². The van der Waals surface area contributed by atoms with Gasteiger partial charge in [-0.15, -0.1) is 0 Å².